The van der Waals surface area contributed by atoms with Gasteiger partial charge in [0.1, 0.15) is 0 Å². The van der Waals surface area contributed by atoms with Crippen LogP contribution >= 0.6 is 0 Å². The summed E-state index contributed by atoms with van der Waals surface area (Å²) in [6.45, 7) is 5.36. The maximum Gasteiger partial charge on any atom is 0.193 e. The minimum absolute atomic E-state index is 0.387. The molecule has 6 heteroatoms. The van der Waals surface area contributed by atoms with Crippen molar-refractivity contribution >= 4 is 11.6 Å². The largest absolute Gasteiger partial charge is 0.490 e. The van der Waals surface area contributed by atoms with E-state index in [1.807, 2.05) is 18.2 Å². The summed E-state index contributed by atoms with van der Waals surface area (Å²) in [5.74, 6) is 1.90. The molecule has 2 aromatic carbocycles. The lowest BCUT2D eigenvalue weighted by atomic mass is 10.1. The molecule has 0 aromatic heterocycles. The fourth-order valence-corrected chi connectivity index (χ4v) is 3.91. The van der Waals surface area contributed by atoms with Gasteiger partial charge in [0.2, 0.25) is 0 Å². The highest BCUT2D eigenvalue weighted by atomic mass is 16.5. The first-order valence-corrected chi connectivity index (χ1v) is 11.0. The minimum Gasteiger partial charge on any atom is -0.490 e. The van der Waals surface area contributed by atoms with Gasteiger partial charge < -0.3 is 20.5 Å². The monoisotopic (exact) mass is 408 g/mol. The fourth-order valence-electron chi connectivity index (χ4n) is 3.91. The topological polar surface area (TPSA) is 72.1 Å². The number of aliphatic imine (C=N–C) groups is 1. The molecule has 0 radical (unpaired) electrons. The van der Waals surface area contributed by atoms with Crippen LogP contribution in [0.25, 0.3) is 0 Å². The van der Waals surface area contributed by atoms with Crippen LogP contribution in [0.15, 0.2) is 47.5 Å². The summed E-state index contributed by atoms with van der Waals surface area (Å²) in [5.41, 5.74) is 9.44. The lowest BCUT2D eigenvalue weighted by Crippen LogP contribution is -2.23. The van der Waals surface area contributed by atoms with E-state index in [4.69, 9.17) is 15.2 Å². The average molecular weight is 409 g/mol. The van der Waals surface area contributed by atoms with E-state index in [1.165, 1.54) is 44.3 Å². The zero-order chi connectivity index (χ0) is 20.6. The Labute approximate surface area is 179 Å². The molecule has 1 fully saturated rings. The molecule has 0 atom stereocenters. The quantitative estimate of drug-likeness (QED) is 0.574. The Bertz CT molecular complexity index is 843. The zero-order valence-corrected chi connectivity index (χ0v) is 17.6. The van der Waals surface area contributed by atoms with Crippen molar-refractivity contribution in [2.75, 3.05) is 31.6 Å². The number of fused-ring (bicyclic) bond motifs is 1. The van der Waals surface area contributed by atoms with E-state index in [2.05, 4.69) is 39.5 Å². The van der Waals surface area contributed by atoms with Gasteiger partial charge in [0.05, 0.1) is 19.8 Å². The maximum absolute atomic E-state index is 6.09. The second kappa shape index (κ2) is 10.3. The molecule has 160 valence electrons. The number of hydrogen-bond acceptors (Lipinski definition) is 4. The lowest BCUT2D eigenvalue weighted by Gasteiger charge is -2.19. The predicted molar refractivity (Wildman–Crippen MR) is 121 cm³/mol. The summed E-state index contributed by atoms with van der Waals surface area (Å²) in [4.78, 5) is 7.05. The van der Waals surface area contributed by atoms with Crippen LogP contribution in [0.5, 0.6) is 11.5 Å². The van der Waals surface area contributed by atoms with Crippen molar-refractivity contribution in [3.63, 3.8) is 0 Å². The SMILES string of the molecule is NC(=NCc1ccc(CN2CCCCCC2)cc1)Nc1ccc2c(c1)OCCCO2. The number of likely N-dealkylation sites (tertiary alicyclic amines) is 1. The van der Waals surface area contributed by atoms with Crippen molar-refractivity contribution in [1.29, 1.82) is 0 Å². The molecule has 4 rings (SSSR count). The second-order valence-corrected chi connectivity index (χ2v) is 8.05. The van der Waals surface area contributed by atoms with Gasteiger partial charge in [-0.15, -0.1) is 0 Å². The third-order valence-electron chi connectivity index (χ3n) is 5.58. The molecule has 2 aliphatic heterocycles. The minimum atomic E-state index is 0.387. The number of rotatable bonds is 5. The number of benzene rings is 2. The summed E-state index contributed by atoms with van der Waals surface area (Å²) >= 11 is 0. The van der Waals surface area contributed by atoms with Gasteiger partial charge in [-0.3, -0.25) is 4.90 Å². The highest BCUT2D eigenvalue weighted by Gasteiger charge is 2.11. The Morgan fingerprint density at radius 2 is 1.57 bits per heavy atom. The van der Waals surface area contributed by atoms with Crippen molar-refractivity contribution in [2.45, 2.75) is 45.2 Å². The third kappa shape index (κ3) is 5.89. The number of anilines is 1. The first kappa shape index (κ1) is 20.5. The Kier molecular flexibility index (Phi) is 7.08. The smallest absolute Gasteiger partial charge is 0.193 e. The Hall–Kier alpha value is -2.73. The van der Waals surface area contributed by atoms with Crippen LogP contribution in [0.1, 0.15) is 43.2 Å². The number of hydrogen-bond donors (Lipinski definition) is 2. The van der Waals surface area contributed by atoms with E-state index < -0.39 is 0 Å². The third-order valence-corrected chi connectivity index (χ3v) is 5.58. The second-order valence-electron chi connectivity index (χ2n) is 8.05. The molecule has 6 nitrogen and oxygen atoms in total. The Morgan fingerprint density at radius 3 is 2.33 bits per heavy atom. The molecule has 3 N–H and O–H groups in total. The summed E-state index contributed by atoms with van der Waals surface area (Å²) in [6.07, 6.45) is 6.27. The standard InChI is InChI=1S/C24H32N4O2/c25-24(27-21-10-11-22-23(16-21)30-15-5-14-29-22)26-17-19-6-8-20(9-7-19)18-28-12-3-1-2-4-13-28/h6-11,16H,1-5,12-15,17-18H2,(H3,25,26,27). The highest BCUT2D eigenvalue weighted by Crippen LogP contribution is 2.32. The van der Waals surface area contributed by atoms with E-state index in [0.29, 0.717) is 25.7 Å². The normalized spacial score (nSPS) is 17.8. The molecular weight excluding hydrogens is 376 g/mol. The van der Waals surface area contributed by atoms with Crippen molar-refractivity contribution in [1.82, 2.24) is 4.90 Å². The number of guanidine groups is 1. The number of nitrogens with two attached hydrogens (primary N) is 1. The first-order valence-electron chi connectivity index (χ1n) is 11.0. The molecule has 0 spiro atoms. The van der Waals surface area contributed by atoms with Gasteiger partial charge >= 0.3 is 0 Å². The van der Waals surface area contributed by atoms with Gasteiger partial charge in [-0.1, -0.05) is 37.1 Å². The van der Waals surface area contributed by atoms with Crippen molar-refractivity contribution in [3.8, 4) is 11.5 Å². The molecule has 2 aliphatic rings. The zero-order valence-electron chi connectivity index (χ0n) is 17.6. The molecule has 2 heterocycles. The molecule has 0 unspecified atom stereocenters. The van der Waals surface area contributed by atoms with Crippen LogP contribution in [-0.2, 0) is 13.1 Å². The van der Waals surface area contributed by atoms with Crippen molar-refractivity contribution < 1.29 is 9.47 Å². The van der Waals surface area contributed by atoms with Crippen LogP contribution in [0.3, 0.4) is 0 Å². The molecule has 0 bridgehead atoms. The molecular formula is C24H32N4O2. The van der Waals surface area contributed by atoms with Gasteiger partial charge in [0.15, 0.2) is 17.5 Å². The summed E-state index contributed by atoms with van der Waals surface area (Å²) in [7, 11) is 0. The molecule has 0 saturated carbocycles. The van der Waals surface area contributed by atoms with E-state index in [9.17, 15) is 0 Å². The summed E-state index contributed by atoms with van der Waals surface area (Å²) < 4.78 is 11.4. The predicted octanol–water partition coefficient (Wildman–Crippen LogP) is 4.15. The average Bonchev–Trinajstić information content (AvgIpc) is 3.16. The van der Waals surface area contributed by atoms with Crippen LogP contribution in [-0.4, -0.2) is 37.2 Å². The van der Waals surface area contributed by atoms with Crippen LogP contribution < -0.4 is 20.5 Å². The van der Waals surface area contributed by atoms with Gasteiger partial charge in [0, 0.05) is 24.7 Å². The van der Waals surface area contributed by atoms with E-state index in [-0.39, 0.29) is 0 Å². The van der Waals surface area contributed by atoms with Gasteiger partial charge in [-0.25, -0.2) is 4.99 Å². The van der Waals surface area contributed by atoms with Crippen LogP contribution in [0.4, 0.5) is 5.69 Å². The highest BCUT2D eigenvalue weighted by molar-refractivity contribution is 5.92. The molecule has 0 amide bonds. The first-order chi connectivity index (χ1) is 14.8. The maximum atomic E-state index is 6.09. The van der Waals surface area contributed by atoms with Gasteiger partial charge in [0.25, 0.3) is 0 Å². The molecule has 1 saturated heterocycles. The Morgan fingerprint density at radius 1 is 0.867 bits per heavy atom. The molecule has 2 aromatic rings. The molecule has 30 heavy (non-hydrogen) atoms. The van der Waals surface area contributed by atoms with Crippen molar-refractivity contribution in [2.24, 2.45) is 10.7 Å². The summed E-state index contributed by atoms with van der Waals surface area (Å²) in [5, 5.41) is 3.14. The van der Waals surface area contributed by atoms with Crippen LogP contribution in [0, 0.1) is 0 Å². The number of nitrogens with zero attached hydrogens (tertiary/aromatic N) is 2. The van der Waals surface area contributed by atoms with Crippen molar-refractivity contribution in [3.05, 3.63) is 53.6 Å². The number of nitrogens with one attached hydrogen (secondary N) is 1. The van der Waals surface area contributed by atoms with Gasteiger partial charge in [-0.2, -0.15) is 0 Å². The fraction of sp³-hybridized carbons (Fsp3) is 0.458. The Balaban J connectivity index is 1.30. The summed E-state index contributed by atoms with van der Waals surface area (Å²) in [6, 6.07) is 14.5. The van der Waals surface area contributed by atoms with E-state index in [1.54, 1.807) is 0 Å². The van der Waals surface area contributed by atoms with E-state index >= 15 is 0 Å². The van der Waals surface area contributed by atoms with Crippen LogP contribution in [0.2, 0.25) is 0 Å². The molecule has 0 aliphatic carbocycles. The van der Waals surface area contributed by atoms with Gasteiger partial charge in [-0.05, 0) is 49.2 Å². The van der Waals surface area contributed by atoms with E-state index in [0.717, 1.165) is 35.7 Å². The number of ether oxygens (including phenoxy) is 2. The lowest BCUT2D eigenvalue weighted by molar-refractivity contribution is 0.277.